The van der Waals surface area contributed by atoms with E-state index in [1.165, 1.54) is 0 Å². The van der Waals surface area contributed by atoms with Gasteiger partial charge in [0, 0.05) is 19.0 Å². The fraction of sp³-hybridized carbons (Fsp3) is 0.240. The highest BCUT2D eigenvalue weighted by molar-refractivity contribution is 6.09. The van der Waals surface area contributed by atoms with Crippen molar-refractivity contribution < 1.29 is 9.53 Å². The summed E-state index contributed by atoms with van der Waals surface area (Å²) in [6, 6.07) is 17.8. The molecule has 2 aromatic carbocycles. The third-order valence-corrected chi connectivity index (χ3v) is 5.52. The number of carbonyl (C=O) groups is 1. The van der Waals surface area contributed by atoms with Crippen molar-refractivity contribution in [2.45, 2.75) is 19.3 Å². The van der Waals surface area contributed by atoms with Gasteiger partial charge in [0.2, 0.25) is 0 Å². The van der Waals surface area contributed by atoms with Crippen LogP contribution in [0.4, 0.5) is 0 Å². The Hall–Kier alpha value is -3.65. The fourth-order valence-electron chi connectivity index (χ4n) is 3.93. The lowest BCUT2D eigenvalue weighted by atomic mass is 9.99. The zero-order valence-electron chi connectivity index (χ0n) is 17.2. The number of nitriles is 1. The predicted molar refractivity (Wildman–Crippen MR) is 118 cm³/mol. The summed E-state index contributed by atoms with van der Waals surface area (Å²) in [5.41, 5.74) is 5.65. The smallest absolute Gasteiger partial charge is 0.254 e. The Morgan fingerprint density at radius 1 is 1.20 bits per heavy atom. The highest BCUT2D eigenvalue weighted by Gasteiger charge is 2.28. The lowest BCUT2D eigenvalue weighted by molar-refractivity contribution is 0.0799. The Morgan fingerprint density at radius 2 is 1.97 bits per heavy atom. The number of rotatable bonds is 5. The predicted octanol–water partition coefficient (Wildman–Crippen LogP) is 4.72. The number of carbonyl (C=O) groups excluding carboxylic acids is 1. The van der Waals surface area contributed by atoms with Crippen LogP contribution in [-0.4, -0.2) is 36.5 Å². The SMILES string of the molecule is COc1ccc(C=C2CCc3c2nc2ccccc2c3C(=O)N(C)CCC#N)cc1. The topological polar surface area (TPSA) is 66.2 Å². The maximum absolute atomic E-state index is 13.3. The van der Waals surface area contributed by atoms with Crippen molar-refractivity contribution in [3.63, 3.8) is 0 Å². The molecule has 5 heteroatoms. The summed E-state index contributed by atoms with van der Waals surface area (Å²) in [5.74, 6) is 0.771. The van der Waals surface area contributed by atoms with Gasteiger partial charge in [-0.25, -0.2) is 4.98 Å². The number of amides is 1. The number of fused-ring (bicyclic) bond motifs is 2. The third kappa shape index (κ3) is 3.65. The summed E-state index contributed by atoms with van der Waals surface area (Å²) in [7, 11) is 3.41. The molecule has 0 unspecified atom stereocenters. The molecule has 30 heavy (non-hydrogen) atoms. The van der Waals surface area contributed by atoms with Crippen molar-refractivity contribution in [2.24, 2.45) is 0 Å². The molecule has 0 fully saturated rings. The molecule has 0 bridgehead atoms. The van der Waals surface area contributed by atoms with E-state index in [-0.39, 0.29) is 5.91 Å². The molecule has 0 N–H and O–H groups in total. The Bertz CT molecular complexity index is 1170. The molecule has 1 amide bonds. The van der Waals surface area contributed by atoms with E-state index < -0.39 is 0 Å². The number of aromatic nitrogens is 1. The van der Waals surface area contributed by atoms with Crippen LogP contribution < -0.4 is 4.74 Å². The van der Waals surface area contributed by atoms with Gasteiger partial charge in [0.05, 0.1) is 36.4 Å². The molecule has 0 radical (unpaired) electrons. The maximum Gasteiger partial charge on any atom is 0.254 e. The highest BCUT2D eigenvalue weighted by atomic mass is 16.5. The molecule has 0 saturated carbocycles. The van der Waals surface area contributed by atoms with Crippen molar-refractivity contribution >= 4 is 28.5 Å². The minimum Gasteiger partial charge on any atom is -0.497 e. The summed E-state index contributed by atoms with van der Waals surface area (Å²) in [6.45, 7) is 0.412. The number of hydrogen-bond acceptors (Lipinski definition) is 4. The Labute approximate surface area is 176 Å². The molecule has 0 spiro atoms. The van der Waals surface area contributed by atoms with Gasteiger partial charge in [-0.2, -0.15) is 5.26 Å². The zero-order chi connectivity index (χ0) is 21.1. The minimum absolute atomic E-state index is 0.0502. The molecule has 4 rings (SSSR count). The molecule has 1 aliphatic carbocycles. The molecule has 1 heterocycles. The van der Waals surface area contributed by atoms with Crippen molar-refractivity contribution in [2.75, 3.05) is 20.7 Å². The Balaban J connectivity index is 1.81. The van der Waals surface area contributed by atoms with Gasteiger partial charge < -0.3 is 9.64 Å². The molecule has 1 aromatic heterocycles. The van der Waals surface area contributed by atoms with Crippen LogP contribution in [0, 0.1) is 11.3 Å². The number of ether oxygens (including phenoxy) is 1. The van der Waals surface area contributed by atoms with Crippen molar-refractivity contribution in [3.8, 4) is 11.8 Å². The van der Waals surface area contributed by atoms with E-state index in [1.807, 2.05) is 48.5 Å². The van der Waals surface area contributed by atoms with Crippen LogP contribution in [0.15, 0.2) is 48.5 Å². The molecular formula is C25H23N3O2. The van der Waals surface area contributed by atoms with Crippen LogP contribution in [0.1, 0.15) is 40.0 Å². The van der Waals surface area contributed by atoms with E-state index in [0.717, 1.165) is 51.9 Å². The van der Waals surface area contributed by atoms with Gasteiger partial charge in [-0.1, -0.05) is 30.3 Å². The maximum atomic E-state index is 13.3. The second-order valence-corrected chi connectivity index (χ2v) is 7.41. The van der Waals surface area contributed by atoms with E-state index in [9.17, 15) is 4.79 Å². The quantitative estimate of drug-likeness (QED) is 0.625. The van der Waals surface area contributed by atoms with Gasteiger partial charge >= 0.3 is 0 Å². The van der Waals surface area contributed by atoms with Crippen LogP contribution in [0.2, 0.25) is 0 Å². The van der Waals surface area contributed by atoms with Crippen LogP contribution >= 0.6 is 0 Å². The largest absolute Gasteiger partial charge is 0.497 e. The average molecular weight is 397 g/mol. The average Bonchev–Trinajstić information content (AvgIpc) is 3.17. The van der Waals surface area contributed by atoms with Gasteiger partial charge in [0.1, 0.15) is 5.75 Å². The lowest BCUT2D eigenvalue weighted by Gasteiger charge is -2.19. The fourth-order valence-corrected chi connectivity index (χ4v) is 3.93. The van der Waals surface area contributed by atoms with Gasteiger partial charge in [0.15, 0.2) is 0 Å². The van der Waals surface area contributed by atoms with Gasteiger partial charge in [-0.05, 0) is 53.8 Å². The van der Waals surface area contributed by atoms with E-state index in [1.54, 1.807) is 19.1 Å². The van der Waals surface area contributed by atoms with Gasteiger partial charge in [-0.15, -0.1) is 0 Å². The molecule has 0 saturated heterocycles. The summed E-state index contributed by atoms with van der Waals surface area (Å²) < 4.78 is 5.24. The zero-order valence-corrected chi connectivity index (χ0v) is 17.2. The van der Waals surface area contributed by atoms with Crippen LogP contribution in [-0.2, 0) is 6.42 Å². The van der Waals surface area contributed by atoms with E-state index in [2.05, 4.69) is 12.1 Å². The molecule has 1 aliphatic rings. The third-order valence-electron chi connectivity index (χ3n) is 5.52. The number of nitrogens with zero attached hydrogens (tertiary/aromatic N) is 3. The van der Waals surface area contributed by atoms with Crippen molar-refractivity contribution in [1.82, 2.24) is 9.88 Å². The Kier molecular flexibility index (Phi) is 5.49. The summed E-state index contributed by atoms with van der Waals surface area (Å²) in [6.07, 6.45) is 4.08. The first kappa shape index (κ1) is 19.7. The number of pyridine rings is 1. The number of methoxy groups -OCH3 is 1. The van der Waals surface area contributed by atoms with E-state index >= 15 is 0 Å². The number of para-hydroxylation sites is 1. The first-order valence-electron chi connectivity index (χ1n) is 10.0. The summed E-state index contributed by atoms with van der Waals surface area (Å²) in [5, 5.41) is 9.76. The Morgan fingerprint density at radius 3 is 2.70 bits per heavy atom. The summed E-state index contributed by atoms with van der Waals surface area (Å²) >= 11 is 0. The van der Waals surface area contributed by atoms with Crippen LogP contribution in [0.5, 0.6) is 5.75 Å². The van der Waals surface area contributed by atoms with Crippen LogP contribution in [0.3, 0.4) is 0 Å². The summed E-state index contributed by atoms with van der Waals surface area (Å²) in [4.78, 5) is 19.9. The molecular weight excluding hydrogens is 374 g/mol. The molecule has 150 valence electrons. The molecule has 3 aromatic rings. The second kappa shape index (κ2) is 8.38. The lowest BCUT2D eigenvalue weighted by Crippen LogP contribution is -2.28. The monoisotopic (exact) mass is 397 g/mol. The minimum atomic E-state index is -0.0502. The highest BCUT2D eigenvalue weighted by Crippen LogP contribution is 2.38. The normalized spacial score (nSPS) is 13.8. The number of hydrogen-bond donors (Lipinski definition) is 0. The van der Waals surface area contributed by atoms with Crippen LogP contribution in [0.25, 0.3) is 22.6 Å². The standard InChI is InChI=1S/C25H23N3O2/c1-28(15-5-14-26)25(29)23-20-6-3-4-7-22(20)27-24-18(10-13-21(23)24)16-17-8-11-19(30-2)12-9-17/h3-4,6-9,11-12,16H,5,10,13,15H2,1-2H3. The van der Waals surface area contributed by atoms with Gasteiger partial charge in [0.25, 0.3) is 5.91 Å². The second-order valence-electron chi connectivity index (χ2n) is 7.41. The number of allylic oxidation sites excluding steroid dienone is 1. The van der Waals surface area contributed by atoms with Gasteiger partial charge in [-0.3, -0.25) is 4.79 Å². The van der Waals surface area contributed by atoms with Crippen molar-refractivity contribution in [3.05, 3.63) is 70.9 Å². The first-order valence-corrected chi connectivity index (χ1v) is 10.0. The van der Waals surface area contributed by atoms with E-state index in [4.69, 9.17) is 15.0 Å². The molecule has 0 aliphatic heterocycles. The molecule has 5 nitrogen and oxygen atoms in total. The molecule has 0 atom stereocenters. The van der Waals surface area contributed by atoms with Crippen molar-refractivity contribution in [1.29, 1.82) is 5.26 Å². The van der Waals surface area contributed by atoms with E-state index in [0.29, 0.717) is 18.5 Å². The first-order chi connectivity index (χ1) is 14.6. The number of benzene rings is 2.